The van der Waals surface area contributed by atoms with Gasteiger partial charge >= 0.3 is 0 Å². The SMILES string of the molecule is CCOc1cc(C(=O)N2CCN(CCOc3ccccc3)CC2)ccc1OCC(=O)N1CCCCC1. The van der Waals surface area contributed by atoms with E-state index in [0.717, 1.165) is 51.3 Å². The maximum absolute atomic E-state index is 13.2. The largest absolute Gasteiger partial charge is 0.492 e. The summed E-state index contributed by atoms with van der Waals surface area (Å²) in [4.78, 5) is 31.7. The van der Waals surface area contributed by atoms with E-state index in [2.05, 4.69) is 4.90 Å². The zero-order valence-corrected chi connectivity index (χ0v) is 21.2. The number of ether oxygens (including phenoxy) is 3. The highest BCUT2D eigenvalue weighted by Gasteiger charge is 2.24. The van der Waals surface area contributed by atoms with E-state index in [0.29, 0.717) is 43.4 Å². The van der Waals surface area contributed by atoms with Crippen molar-refractivity contribution in [3.8, 4) is 17.2 Å². The minimum absolute atomic E-state index is 0.00987. The summed E-state index contributed by atoms with van der Waals surface area (Å²) in [6.45, 7) is 8.28. The summed E-state index contributed by atoms with van der Waals surface area (Å²) < 4.78 is 17.4. The van der Waals surface area contributed by atoms with E-state index in [1.807, 2.05) is 47.1 Å². The zero-order valence-electron chi connectivity index (χ0n) is 21.2. The van der Waals surface area contributed by atoms with E-state index in [1.165, 1.54) is 6.42 Å². The van der Waals surface area contributed by atoms with Crippen LogP contribution in [0.25, 0.3) is 0 Å². The van der Waals surface area contributed by atoms with Gasteiger partial charge in [-0.3, -0.25) is 14.5 Å². The number of carbonyl (C=O) groups is 2. The molecule has 2 aliphatic heterocycles. The Hall–Kier alpha value is -3.26. The van der Waals surface area contributed by atoms with Gasteiger partial charge in [-0.25, -0.2) is 0 Å². The fraction of sp³-hybridized carbons (Fsp3) is 0.500. The van der Waals surface area contributed by atoms with Crippen LogP contribution in [0, 0.1) is 0 Å². The Morgan fingerprint density at radius 3 is 2.25 bits per heavy atom. The molecule has 0 aliphatic carbocycles. The first-order valence-corrected chi connectivity index (χ1v) is 13.0. The van der Waals surface area contributed by atoms with E-state index in [9.17, 15) is 9.59 Å². The average Bonchev–Trinajstić information content (AvgIpc) is 2.93. The molecule has 2 aromatic rings. The number of likely N-dealkylation sites (tertiary alicyclic amines) is 1. The van der Waals surface area contributed by atoms with Crippen LogP contribution < -0.4 is 14.2 Å². The number of amides is 2. The van der Waals surface area contributed by atoms with Crippen LogP contribution in [0.2, 0.25) is 0 Å². The van der Waals surface area contributed by atoms with Crippen LogP contribution in [0.15, 0.2) is 48.5 Å². The normalized spacial score (nSPS) is 16.5. The molecule has 0 atom stereocenters. The molecule has 0 N–H and O–H groups in total. The molecule has 2 fully saturated rings. The van der Waals surface area contributed by atoms with Gasteiger partial charge in [0.25, 0.3) is 11.8 Å². The molecule has 2 amide bonds. The van der Waals surface area contributed by atoms with Gasteiger partial charge in [0.1, 0.15) is 12.4 Å². The number of hydrogen-bond donors (Lipinski definition) is 0. The van der Waals surface area contributed by atoms with Gasteiger partial charge in [0.15, 0.2) is 18.1 Å². The molecule has 0 aromatic heterocycles. The second-order valence-corrected chi connectivity index (χ2v) is 9.12. The minimum atomic E-state index is -0.0245. The first-order valence-electron chi connectivity index (χ1n) is 13.0. The van der Waals surface area contributed by atoms with Crippen molar-refractivity contribution in [2.75, 3.05) is 65.6 Å². The predicted octanol–water partition coefficient (Wildman–Crippen LogP) is 3.31. The maximum atomic E-state index is 13.2. The minimum Gasteiger partial charge on any atom is -0.492 e. The molecular weight excluding hydrogens is 458 g/mol. The van der Waals surface area contributed by atoms with Gasteiger partial charge in [-0.1, -0.05) is 18.2 Å². The standard InChI is InChI=1S/C28H37N3O5/c1-2-34-26-21-23(11-12-25(26)36-22-27(32)30-13-7-4-8-14-30)28(33)31-17-15-29(16-18-31)19-20-35-24-9-5-3-6-10-24/h3,5-6,9-12,21H,2,4,7-8,13-20,22H2,1H3. The molecular formula is C28H37N3O5. The molecule has 8 nitrogen and oxygen atoms in total. The predicted molar refractivity (Wildman–Crippen MR) is 138 cm³/mol. The summed E-state index contributed by atoms with van der Waals surface area (Å²) in [5.74, 6) is 1.82. The molecule has 0 spiro atoms. The van der Waals surface area contributed by atoms with Crippen molar-refractivity contribution in [3.63, 3.8) is 0 Å². The Morgan fingerprint density at radius 2 is 1.53 bits per heavy atom. The topological polar surface area (TPSA) is 71.5 Å². The smallest absolute Gasteiger partial charge is 0.260 e. The number of piperidine rings is 1. The fourth-order valence-electron chi connectivity index (χ4n) is 4.57. The van der Waals surface area contributed by atoms with Gasteiger partial charge in [-0.2, -0.15) is 0 Å². The van der Waals surface area contributed by atoms with Crippen LogP contribution in [0.4, 0.5) is 0 Å². The highest BCUT2D eigenvalue weighted by molar-refractivity contribution is 5.95. The molecule has 0 unspecified atom stereocenters. The lowest BCUT2D eigenvalue weighted by molar-refractivity contribution is -0.134. The quantitative estimate of drug-likeness (QED) is 0.504. The summed E-state index contributed by atoms with van der Waals surface area (Å²) in [5.41, 5.74) is 0.564. The Balaban J connectivity index is 1.27. The molecule has 36 heavy (non-hydrogen) atoms. The molecule has 2 aliphatic rings. The number of benzene rings is 2. The first kappa shape index (κ1) is 25.8. The van der Waals surface area contributed by atoms with E-state index in [1.54, 1.807) is 18.2 Å². The van der Waals surface area contributed by atoms with Crippen LogP contribution in [0.5, 0.6) is 17.2 Å². The number of hydrogen-bond acceptors (Lipinski definition) is 6. The molecule has 2 saturated heterocycles. The van der Waals surface area contributed by atoms with Crippen molar-refractivity contribution in [3.05, 3.63) is 54.1 Å². The second kappa shape index (κ2) is 13.2. The van der Waals surface area contributed by atoms with Gasteiger partial charge in [0, 0.05) is 51.4 Å². The average molecular weight is 496 g/mol. The number of piperazine rings is 1. The van der Waals surface area contributed by atoms with Crippen LogP contribution in [0.3, 0.4) is 0 Å². The van der Waals surface area contributed by atoms with Crippen LogP contribution in [-0.2, 0) is 4.79 Å². The second-order valence-electron chi connectivity index (χ2n) is 9.12. The van der Waals surface area contributed by atoms with Crippen LogP contribution in [0.1, 0.15) is 36.5 Å². The first-order chi connectivity index (χ1) is 17.6. The third kappa shape index (κ3) is 7.13. The van der Waals surface area contributed by atoms with Gasteiger partial charge in [0.05, 0.1) is 6.61 Å². The summed E-state index contributed by atoms with van der Waals surface area (Å²) in [7, 11) is 0. The van der Waals surface area contributed by atoms with Gasteiger partial charge in [-0.05, 0) is 56.5 Å². The van der Waals surface area contributed by atoms with Gasteiger partial charge in [0.2, 0.25) is 0 Å². The lowest BCUT2D eigenvalue weighted by atomic mass is 10.1. The Bertz CT molecular complexity index is 986. The Labute approximate surface area is 213 Å². The van der Waals surface area contributed by atoms with Crippen LogP contribution in [-0.4, -0.2) is 92.1 Å². The Kier molecular flexibility index (Phi) is 9.44. The fourth-order valence-corrected chi connectivity index (χ4v) is 4.57. The summed E-state index contributed by atoms with van der Waals surface area (Å²) in [5, 5.41) is 0. The van der Waals surface area contributed by atoms with E-state index in [-0.39, 0.29) is 18.4 Å². The third-order valence-corrected chi connectivity index (χ3v) is 6.63. The summed E-state index contributed by atoms with van der Waals surface area (Å²) >= 11 is 0. The highest BCUT2D eigenvalue weighted by Crippen LogP contribution is 2.29. The monoisotopic (exact) mass is 495 g/mol. The molecule has 0 saturated carbocycles. The third-order valence-electron chi connectivity index (χ3n) is 6.63. The molecule has 2 heterocycles. The van der Waals surface area contributed by atoms with E-state index in [4.69, 9.17) is 14.2 Å². The molecule has 8 heteroatoms. The molecule has 194 valence electrons. The summed E-state index contributed by atoms with van der Waals surface area (Å²) in [6, 6.07) is 15.0. The molecule has 0 radical (unpaired) electrons. The van der Waals surface area contributed by atoms with Crippen molar-refractivity contribution in [2.45, 2.75) is 26.2 Å². The molecule has 0 bridgehead atoms. The van der Waals surface area contributed by atoms with E-state index < -0.39 is 0 Å². The number of rotatable bonds is 10. The number of carbonyl (C=O) groups excluding carboxylic acids is 2. The van der Waals surface area contributed by atoms with Crippen molar-refractivity contribution in [1.82, 2.24) is 14.7 Å². The van der Waals surface area contributed by atoms with Crippen molar-refractivity contribution in [1.29, 1.82) is 0 Å². The highest BCUT2D eigenvalue weighted by atomic mass is 16.5. The van der Waals surface area contributed by atoms with Crippen molar-refractivity contribution in [2.24, 2.45) is 0 Å². The summed E-state index contributed by atoms with van der Waals surface area (Å²) in [6.07, 6.45) is 3.26. The van der Waals surface area contributed by atoms with Crippen molar-refractivity contribution >= 4 is 11.8 Å². The van der Waals surface area contributed by atoms with Crippen LogP contribution >= 0.6 is 0 Å². The number of para-hydroxylation sites is 1. The maximum Gasteiger partial charge on any atom is 0.260 e. The zero-order chi connectivity index (χ0) is 25.2. The Morgan fingerprint density at radius 1 is 0.778 bits per heavy atom. The molecule has 2 aromatic carbocycles. The molecule has 4 rings (SSSR count). The van der Waals surface area contributed by atoms with Crippen molar-refractivity contribution < 1.29 is 23.8 Å². The number of nitrogens with zero attached hydrogens (tertiary/aromatic N) is 3. The lowest BCUT2D eigenvalue weighted by Crippen LogP contribution is -2.49. The van der Waals surface area contributed by atoms with Gasteiger partial charge < -0.3 is 24.0 Å². The lowest BCUT2D eigenvalue weighted by Gasteiger charge is -2.34. The van der Waals surface area contributed by atoms with E-state index >= 15 is 0 Å². The van der Waals surface area contributed by atoms with Gasteiger partial charge in [-0.15, -0.1) is 0 Å².